The second-order valence-corrected chi connectivity index (χ2v) is 7.95. The smallest absolute Gasteiger partial charge is 0.167 e. The average Bonchev–Trinajstić information content (AvgIpc) is 3.48. The summed E-state index contributed by atoms with van der Waals surface area (Å²) in [6.45, 7) is 1.11. The Hall–Kier alpha value is -2.64. The molecule has 2 aliphatic heterocycles. The SMILES string of the molecule is OC[C@H]1O[C@@H](n2cnc3c(NC4CCN(c5ccc(Cl)nn5)C4)ncnc32)[C@@H](O)[C@H]1O. The third-order valence-electron chi connectivity index (χ3n) is 5.62. The molecule has 3 aromatic heterocycles. The summed E-state index contributed by atoms with van der Waals surface area (Å²) in [5.74, 6) is 1.32. The Labute approximate surface area is 181 Å². The minimum absolute atomic E-state index is 0.106. The molecule has 0 aliphatic carbocycles. The Morgan fingerprint density at radius 3 is 2.77 bits per heavy atom. The van der Waals surface area contributed by atoms with E-state index in [0.29, 0.717) is 28.7 Å². The Morgan fingerprint density at radius 1 is 1.16 bits per heavy atom. The Bertz CT molecular complexity index is 1070. The number of fused-ring (bicyclic) bond motifs is 1. The molecule has 31 heavy (non-hydrogen) atoms. The summed E-state index contributed by atoms with van der Waals surface area (Å²) in [7, 11) is 0. The highest BCUT2D eigenvalue weighted by molar-refractivity contribution is 6.29. The van der Waals surface area contributed by atoms with Crippen LogP contribution in [0.25, 0.3) is 11.2 Å². The molecule has 5 rings (SSSR count). The van der Waals surface area contributed by atoms with Crippen LogP contribution >= 0.6 is 11.6 Å². The minimum atomic E-state index is -1.22. The van der Waals surface area contributed by atoms with Crippen molar-refractivity contribution in [3.8, 4) is 0 Å². The van der Waals surface area contributed by atoms with E-state index in [2.05, 4.69) is 35.4 Å². The number of halogens is 1. The van der Waals surface area contributed by atoms with Gasteiger partial charge in [0.1, 0.15) is 24.6 Å². The van der Waals surface area contributed by atoms with Crippen LogP contribution in [-0.2, 0) is 4.74 Å². The van der Waals surface area contributed by atoms with Crippen LogP contribution in [-0.4, -0.2) is 89.1 Å². The minimum Gasteiger partial charge on any atom is -0.394 e. The van der Waals surface area contributed by atoms with Crippen molar-refractivity contribution in [1.29, 1.82) is 0 Å². The van der Waals surface area contributed by atoms with Crippen molar-refractivity contribution in [2.24, 2.45) is 0 Å². The van der Waals surface area contributed by atoms with Gasteiger partial charge < -0.3 is 30.3 Å². The zero-order valence-electron chi connectivity index (χ0n) is 16.3. The monoisotopic (exact) mass is 448 g/mol. The lowest BCUT2D eigenvalue weighted by molar-refractivity contribution is -0.0511. The standard InChI is InChI=1S/C18H21ClN8O4/c19-11-1-2-12(25-24-11)26-4-3-9(5-26)23-16-13-17(21-7-20-16)27(8-22-13)18-15(30)14(29)10(6-28)31-18/h1-2,7-10,14-15,18,28-30H,3-6H2,(H,20,21,23)/t9?,10-,14+,15+,18-/m1/s1. The maximum Gasteiger partial charge on any atom is 0.167 e. The van der Waals surface area contributed by atoms with Gasteiger partial charge in [-0.1, -0.05) is 11.6 Å². The molecule has 0 aromatic carbocycles. The van der Waals surface area contributed by atoms with Crippen LogP contribution in [0.2, 0.25) is 5.15 Å². The zero-order valence-corrected chi connectivity index (χ0v) is 17.0. The number of rotatable bonds is 5. The summed E-state index contributed by atoms with van der Waals surface area (Å²) < 4.78 is 7.13. The topological polar surface area (TPSA) is 155 Å². The lowest BCUT2D eigenvalue weighted by Crippen LogP contribution is -2.33. The van der Waals surface area contributed by atoms with E-state index in [4.69, 9.17) is 16.3 Å². The number of ether oxygens (including phenoxy) is 1. The number of nitrogens with one attached hydrogen (secondary N) is 1. The van der Waals surface area contributed by atoms with Gasteiger partial charge in [-0.25, -0.2) is 15.0 Å². The first-order chi connectivity index (χ1) is 15.0. The largest absolute Gasteiger partial charge is 0.394 e. The van der Waals surface area contributed by atoms with Gasteiger partial charge in [-0.3, -0.25) is 4.57 Å². The number of hydrogen-bond donors (Lipinski definition) is 4. The van der Waals surface area contributed by atoms with Crippen molar-refractivity contribution in [2.45, 2.75) is 37.0 Å². The third-order valence-corrected chi connectivity index (χ3v) is 5.82. The molecule has 0 saturated carbocycles. The third kappa shape index (κ3) is 3.66. The molecule has 2 aliphatic rings. The van der Waals surface area contributed by atoms with Crippen LogP contribution in [0, 0.1) is 0 Å². The first kappa shape index (κ1) is 20.3. The summed E-state index contributed by atoms with van der Waals surface area (Å²) in [4.78, 5) is 15.1. The Morgan fingerprint density at radius 2 is 2.03 bits per heavy atom. The van der Waals surface area contributed by atoms with Gasteiger partial charge >= 0.3 is 0 Å². The molecule has 5 atom stereocenters. The predicted octanol–water partition coefficient (Wildman–Crippen LogP) is -0.428. The van der Waals surface area contributed by atoms with Crippen LogP contribution in [0.3, 0.4) is 0 Å². The fraction of sp³-hybridized carbons (Fsp3) is 0.500. The second-order valence-electron chi connectivity index (χ2n) is 7.57. The average molecular weight is 449 g/mol. The Kier molecular flexibility index (Phi) is 5.32. The van der Waals surface area contributed by atoms with Gasteiger partial charge in [0.2, 0.25) is 0 Å². The molecular formula is C18H21ClN8O4. The number of hydrogen-bond acceptors (Lipinski definition) is 11. The molecule has 12 nitrogen and oxygen atoms in total. The fourth-order valence-electron chi connectivity index (χ4n) is 4.01. The number of anilines is 2. The highest BCUT2D eigenvalue weighted by Crippen LogP contribution is 2.32. The molecular weight excluding hydrogens is 428 g/mol. The lowest BCUT2D eigenvalue weighted by atomic mass is 10.1. The van der Waals surface area contributed by atoms with Gasteiger partial charge in [-0.05, 0) is 18.6 Å². The highest BCUT2D eigenvalue weighted by atomic mass is 35.5. The van der Waals surface area contributed by atoms with Gasteiger partial charge in [0.25, 0.3) is 0 Å². The molecule has 4 N–H and O–H groups in total. The van der Waals surface area contributed by atoms with Crippen molar-refractivity contribution >= 4 is 34.4 Å². The van der Waals surface area contributed by atoms with Gasteiger partial charge in [-0.15, -0.1) is 10.2 Å². The van der Waals surface area contributed by atoms with Crippen LogP contribution < -0.4 is 10.2 Å². The van der Waals surface area contributed by atoms with Crippen LogP contribution in [0.5, 0.6) is 0 Å². The van der Waals surface area contributed by atoms with E-state index in [0.717, 1.165) is 18.8 Å². The van der Waals surface area contributed by atoms with Crippen molar-refractivity contribution in [1.82, 2.24) is 29.7 Å². The summed E-state index contributed by atoms with van der Waals surface area (Å²) in [6.07, 6.45) is -0.457. The molecule has 3 aromatic rings. The van der Waals surface area contributed by atoms with Crippen molar-refractivity contribution in [3.05, 3.63) is 29.9 Å². The summed E-state index contributed by atoms with van der Waals surface area (Å²) in [6, 6.07) is 3.65. The number of aromatic nitrogens is 6. The molecule has 2 fully saturated rings. The molecule has 5 heterocycles. The summed E-state index contributed by atoms with van der Waals surface area (Å²) in [5, 5.41) is 41.5. The molecule has 13 heteroatoms. The van der Waals surface area contributed by atoms with Crippen LogP contribution in [0.15, 0.2) is 24.8 Å². The van der Waals surface area contributed by atoms with Gasteiger partial charge in [0.15, 0.2) is 34.2 Å². The molecule has 2 saturated heterocycles. The van der Waals surface area contributed by atoms with E-state index in [1.54, 1.807) is 6.07 Å². The second kappa shape index (κ2) is 8.13. The molecule has 0 spiro atoms. The highest BCUT2D eigenvalue weighted by Gasteiger charge is 2.44. The Balaban J connectivity index is 1.34. The quantitative estimate of drug-likeness (QED) is 0.402. The van der Waals surface area contributed by atoms with E-state index >= 15 is 0 Å². The van der Waals surface area contributed by atoms with E-state index in [-0.39, 0.29) is 6.04 Å². The molecule has 0 radical (unpaired) electrons. The predicted molar refractivity (Wildman–Crippen MR) is 110 cm³/mol. The van der Waals surface area contributed by atoms with Crippen molar-refractivity contribution in [3.63, 3.8) is 0 Å². The van der Waals surface area contributed by atoms with E-state index < -0.39 is 31.1 Å². The van der Waals surface area contributed by atoms with Gasteiger partial charge in [0.05, 0.1) is 12.9 Å². The normalized spacial score (nSPS) is 28.5. The van der Waals surface area contributed by atoms with Gasteiger partial charge in [-0.2, -0.15) is 0 Å². The van der Waals surface area contributed by atoms with E-state index in [9.17, 15) is 15.3 Å². The van der Waals surface area contributed by atoms with Crippen molar-refractivity contribution in [2.75, 3.05) is 29.9 Å². The summed E-state index contributed by atoms with van der Waals surface area (Å²) >= 11 is 5.81. The molecule has 0 bridgehead atoms. The number of aliphatic hydroxyl groups excluding tert-OH is 3. The van der Waals surface area contributed by atoms with Gasteiger partial charge in [0, 0.05) is 19.1 Å². The molecule has 1 unspecified atom stereocenters. The van der Waals surface area contributed by atoms with E-state index in [1.165, 1.54) is 17.2 Å². The first-order valence-electron chi connectivity index (χ1n) is 9.86. The maximum absolute atomic E-state index is 10.3. The molecule has 0 amide bonds. The first-order valence-corrected chi connectivity index (χ1v) is 10.2. The fourth-order valence-corrected chi connectivity index (χ4v) is 4.11. The van der Waals surface area contributed by atoms with E-state index in [1.807, 2.05) is 6.07 Å². The summed E-state index contributed by atoms with van der Waals surface area (Å²) in [5.41, 5.74) is 0.968. The zero-order chi connectivity index (χ0) is 21.5. The lowest BCUT2D eigenvalue weighted by Gasteiger charge is -2.18. The van der Waals surface area contributed by atoms with Crippen LogP contribution in [0.4, 0.5) is 11.6 Å². The maximum atomic E-state index is 10.3. The molecule has 164 valence electrons. The van der Waals surface area contributed by atoms with Crippen molar-refractivity contribution < 1.29 is 20.1 Å². The number of imidazole rings is 1. The number of aliphatic hydroxyl groups is 3. The number of nitrogens with zero attached hydrogens (tertiary/aromatic N) is 7. The van der Waals surface area contributed by atoms with Crippen LogP contribution in [0.1, 0.15) is 12.6 Å².